The molecule has 17 heavy (non-hydrogen) atoms. The van der Waals surface area contributed by atoms with Crippen LogP contribution in [0.3, 0.4) is 0 Å². The molecule has 0 saturated carbocycles. The quantitative estimate of drug-likeness (QED) is 0.645. The number of rotatable bonds is 5. The second kappa shape index (κ2) is 5.77. The Morgan fingerprint density at radius 1 is 1.29 bits per heavy atom. The molecule has 6 heteroatoms. The standard InChI is InChI=1S/C11H21NO5/c1-11(14,10(13)17-4)7-12-5-8(15-2)9(6-12)16-3/h8-9,14H,5-7H2,1-4H3. The van der Waals surface area contributed by atoms with Gasteiger partial charge in [-0.2, -0.15) is 0 Å². The van der Waals surface area contributed by atoms with Crippen molar-refractivity contribution in [2.75, 3.05) is 41.0 Å². The van der Waals surface area contributed by atoms with Crippen molar-refractivity contribution in [1.29, 1.82) is 0 Å². The summed E-state index contributed by atoms with van der Waals surface area (Å²) >= 11 is 0. The van der Waals surface area contributed by atoms with E-state index < -0.39 is 11.6 Å². The summed E-state index contributed by atoms with van der Waals surface area (Å²) in [7, 11) is 4.51. The van der Waals surface area contributed by atoms with Crippen LogP contribution in [-0.2, 0) is 19.0 Å². The van der Waals surface area contributed by atoms with Crippen LogP contribution in [0.5, 0.6) is 0 Å². The maximum atomic E-state index is 11.4. The number of hydrogen-bond donors (Lipinski definition) is 1. The normalized spacial score (nSPS) is 29.0. The molecule has 1 rings (SSSR count). The van der Waals surface area contributed by atoms with Gasteiger partial charge in [-0.05, 0) is 6.92 Å². The highest BCUT2D eigenvalue weighted by Gasteiger charge is 2.39. The fourth-order valence-corrected chi connectivity index (χ4v) is 2.12. The predicted molar refractivity (Wildman–Crippen MR) is 60.7 cm³/mol. The molecule has 100 valence electrons. The minimum atomic E-state index is -1.50. The zero-order valence-electron chi connectivity index (χ0n) is 10.8. The Balaban J connectivity index is 2.57. The lowest BCUT2D eigenvalue weighted by molar-refractivity contribution is -0.162. The molecule has 1 aliphatic heterocycles. The van der Waals surface area contributed by atoms with Gasteiger partial charge in [0.05, 0.1) is 19.3 Å². The van der Waals surface area contributed by atoms with Gasteiger partial charge in [-0.1, -0.05) is 0 Å². The molecule has 3 atom stereocenters. The van der Waals surface area contributed by atoms with Crippen LogP contribution in [0.15, 0.2) is 0 Å². The lowest BCUT2D eigenvalue weighted by Gasteiger charge is -2.26. The largest absolute Gasteiger partial charge is 0.467 e. The number of likely N-dealkylation sites (tertiary alicyclic amines) is 1. The zero-order valence-corrected chi connectivity index (χ0v) is 10.8. The highest BCUT2D eigenvalue weighted by Crippen LogP contribution is 2.19. The van der Waals surface area contributed by atoms with Crippen molar-refractivity contribution in [3.05, 3.63) is 0 Å². The summed E-state index contributed by atoms with van der Waals surface area (Å²) in [6.45, 7) is 2.91. The van der Waals surface area contributed by atoms with Crippen LogP contribution in [0.2, 0.25) is 0 Å². The molecule has 0 aromatic heterocycles. The van der Waals surface area contributed by atoms with Gasteiger partial charge >= 0.3 is 5.97 Å². The van der Waals surface area contributed by atoms with Crippen LogP contribution in [0.1, 0.15) is 6.92 Å². The molecule has 6 nitrogen and oxygen atoms in total. The monoisotopic (exact) mass is 247 g/mol. The van der Waals surface area contributed by atoms with E-state index in [1.54, 1.807) is 14.2 Å². The Labute approximate surface area is 101 Å². The van der Waals surface area contributed by atoms with E-state index in [2.05, 4.69) is 4.74 Å². The van der Waals surface area contributed by atoms with Gasteiger partial charge < -0.3 is 19.3 Å². The van der Waals surface area contributed by atoms with Crippen molar-refractivity contribution in [2.24, 2.45) is 0 Å². The van der Waals surface area contributed by atoms with Crippen LogP contribution < -0.4 is 0 Å². The number of nitrogens with zero attached hydrogens (tertiary/aromatic N) is 1. The van der Waals surface area contributed by atoms with E-state index in [0.29, 0.717) is 13.1 Å². The topological polar surface area (TPSA) is 68.2 Å². The summed E-state index contributed by atoms with van der Waals surface area (Å²) in [5.74, 6) is -0.632. The Morgan fingerprint density at radius 2 is 1.76 bits per heavy atom. The predicted octanol–water partition coefficient (Wildman–Crippen LogP) is -0.744. The molecular weight excluding hydrogens is 226 g/mol. The molecule has 3 unspecified atom stereocenters. The first kappa shape index (κ1) is 14.4. The number of carbonyl (C=O) groups excluding carboxylic acids is 1. The minimum absolute atomic E-state index is 0.0338. The van der Waals surface area contributed by atoms with E-state index in [1.165, 1.54) is 14.0 Å². The first-order valence-corrected chi connectivity index (χ1v) is 5.53. The van der Waals surface area contributed by atoms with E-state index in [1.807, 2.05) is 4.90 Å². The SMILES string of the molecule is COC(=O)C(C)(O)CN1CC(OC)C(OC)C1. The van der Waals surface area contributed by atoms with Crippen molar-refractivity contribution in [3.63, 3.8) is 0 Å². The smallest absolute Gasteiger partial charge is 0.338 e. The number of ether oxygens (including phenoxy) is 3. The van der Waals surface area contributed by atoms with Gasteiger partial charge in [0.25, 0.3) is 0 Å². The molecule has 1 saturated heterocycles. The molecule has 0 aromatic rings. The van der Waals surface area contributed by atoms with Gasteiger partial charge in [0.15, 0.2) is 5.60 Å². The summed E-state index contributed by atoms with van der Waals surface area (Å²) in [6.07, 6.45) is -0.0677. The number of carbonyl (C=O) groups is 1. The van der Waals surface area contributed by atoms with E-state index in [9.17, 15) is 9.90 Å². The summed E-state index contributed by atoms with van der Waals surface area (Å²) in [5.41, 5.74) is -1.50. The summed E-state index contributed by atoms with van der Waals surface area (Å²) < 4.78 is 15.1. The van der Waals surface area contributed by atoms with Crippen molar-refractivity contribution in [2.45, 2.75) is 24.7 Å². The first-order chi connectivity index (χ1) is 7.94. The maximum Gasteiger partial charge on any atom is 0.338 e. The Kier molecular flexibility index (Phi) is 4.88. The second-order valence-electron chi connectivity index (χ2n) is 4.51. The Morgan fingerprint density at radius 3 is 2.12 bits per heavy atom. The van der Waals surface area contributed by atoms with Crippen LogP contribution in [-0.4, -0.2) is 74.7 Å². The molecule has 1 N–H and O–H groups in total. The van der Waals surface area contributed by atoms with Gasteiger partial charge in [-0.15, -0.1) is 0 Å². The summed E-state index contributed by atoms with van der Waals surface area (Å²) in [6, 6.07) is 0. The second-order valence-corrected chi connectivity index (χ2v) is 4.51. The molecule has 0 amide bonds. The number of methoxy groups -OCH3 is 3. The molecule has 0 spiro atoms. The van der Waals surface area contributed by atoms with E-state index in [-0.39, 0.29) is 18.8 Å². The fourth-order valence-electron chi connectivity index (χ4n) is 2.12. The molecule has 0 aromatic carbocycles. The fraction of sp³-hybridized carbons (Fsp3) is 0.909. The zero-order chi connectivity index (χ0) is 13.1. The van der Waals surface area contributed by atoms with Gasteiger partial charge in [-0.25, -0.2) is 4.79 Å². The van der Waals surface area contributed by atoms with Gasteiger partial charge in [0.1, 0.15) is 0 Å². The van der Waals surface area contributed by atoms with Crippen molar-refractivity contribution in [3.8, 4) is 0 Å². The van der Waals surface area contributed by atoms with Crippen LogP contribution in [0.25, 0.3) is 0 Å². The average Bonchev–Trinajstić information content (AvgIpc) is 2.69. The summed E-state index contributed by atoms with van der Waals surface area (Å²) in [5, 5.41) is 9.96. The van der Waals surface area contributed by atoms with Crippen LogP contribution >= 0.6 is 0 Å². The lowest BCUT2D eigenvalue weighted by atomic mass is 10.1. The maximum absolute atomic E-state index is 11.4. The third kappa shape index (κ3) is 3.38. The third-order valence-electron chi connectivity index (χ3n) is 3.05. The van der Waals surface area contributed by atoms with Gasteiger partial charge in [0, 0.05) is 33.9 Å². The Hall–Kier alpha value is -0.690. The molecule has 1 heterocycles. The lowest BCUT2D eigenvalue weighted by Crippen LogP contribution is -2.47. The van der Waals surface area contributed by atoms with E-state index in [0.717, 1.165) is 0 Å². The number of β-amino-alcohol motifs (C(OH)–C–C–N with tert-alkyl or cyclic N) is 1. The van der Waals surface area contributed by atoms with E-state index >= 15 is 0 Å². The highest BCUT2D eigenvalue weighted by atomic mass is 16.5. The minimum Gasteiger partial charge on any atom is -0.467 e. The summed E-state index contributed by atoms with van der Waals surface area (Å²) in [4.78, 5) is 13.3. The molecule has 1 fully saturated rings. The van der Waals surface area contributed by atoms with Crippen LogP contribution in [0.4, 0.5) is 0 Å². The van der Waals surface area contributed by atoms with Gasteiger partial charge in [-0.3, -0.25) is 4.90 Å². The van der Waals surface area contributed by atoms with Crippen molar-refractivity contribution >= 4 is 5.97 Å². The number of esters is 1. The molecule has 0 bridgehead atoms. The molecule has 0 radical (unpaired) electrons. The van der Waals surface area contributed by atoms with Gasteiger partial charge in [0.2, 0.25) is 0 Å². The number of aliphatic hydroxyl groups is 1. The van der Waals surface area contributed by atoms with Crippen molar-refractivity contribution in [1.82, 2.24) is 4.90 Å². The van der Waals surface area contributed by atoms with Crippen molar-refractivity contribution < 1.29 is 24.1 Å². The molecule has 1 aliphatic rings. The van der Waals surface area contributed by atoms with Crippen LogP contribution in [0, 0.1) is 0 Å². The third-order valence-corrected chi connectivity index (χ3v) is 3.05. The molecule has 0 aliphatic carbocycles. The average molecular weight is 247 g/mol. The first-order valence-electron chi connectivity index (χ1n) is 5.53. The molecular formula is C11H21NO5. The number of hydrogen-bond acceptors (Lipinski definition) is 6. The van der Waals surface area contributed by atoms with E-state index in [4.69, 9.17) is 9.47 Å². The highest BCUT2D eigenvalue weighted by molar-refractivity contribution is 5.78. The Bertz CT molecular complexity index is 257.